The van der Waals surface area contributed by atoms with Crippen LogP contribution in [0, 0.1) is 12.7 Å². The summed E-state index contributed by atoms with van der Waals surface area (Å²) in [5.74, 6) is -1.25. The van der Waals surface area contributed by atoms with E-state index in [2.05, 4.69) is 17.6 Å². The van der Waals surface area contributed by atoms with Crippen LogP contribution in [0.4, 0.5) is 10.1 Å². The highest BCUT2D eigenvalue weighted by Gasteiger charge is 2.18. The molecule has 0 aliphatic rings. The summed E-state index contributed by atoms with van der Waals surface area (Å²) in [6.07, 6.45) is 5.43. The number of hydrogen-bond donors (Lipinski definition) is 2. The minimum atomic E-state index is -0.421. The first-order chi connectivity index (χ1) is 15.9. The summed E-state index contributed by atoms with van der Waals surface area (Å²) in [5.41, 5.74) is 2.41. The first-order valence-corrected chi connectivity index (χ1v) is 11.5. The molecule has 2 rings (SSSR count). The van der Waals surface area contributed by atoms with Gasteiger partial charge in [-0.2, -0.15) is 0 Å². The molecule has 0 radical (unpaired) electrons. The van der Waals surface area contributed by atoms with Crippen molar-refractivity contribution in [3.05, 3.63) is 65.5 Å². The molecule has 7 heteroatoms. The van der Waals surface area contributed by atoms with Crippen LogP contribution < -0.4 is 10.6 Å². The van der Waals surface area contributed by atoms with Crippen molar-refractivity contribution in [1.29, 1.82) is 0 Å². The maximum atomic E-state index is 13.2. The van der Waals surface area contributed by atoms with E-state index in [1.807, 2.05) is 25.1 Å². The van der Waals surface area contributed by atoms with Gasteiger partial charge in [0.1, 0.15) is 5.82 Å². The number of carbonyl (C=O) groups excluding carboxylic acids is 3. The fourth-order valence-corrected chi connectivity index (χ4v) is 3.42. The zero-order valence-corrected chi connectivity index (χ0v) is 19.5. The third-order valence-corrected chi connectivity index (χ3v) is 5.22. The first-order valence-electron chi connectivity index (χ1n) is 11.5. The maximum Gasteiger partial charge on any atom is 0.243 e. The number of halogens is 1. The molecular formula is C26H34FN3O3. The van der Waals surface area contributed by atoms with Gasteiger partial charge in [-0.1, -0.05) is 56.9 Å². The highest BCUT2D eigenvalue weighted by atomic mass is 19.1. The molecule has 33 heavy (non-hydrogen) atoms. The summed E-state index contributed by atoms with van der Waals surface area (Å²) in [6.45, 7) is 3.91. The van der Waals surface area contributed by atoms with Gasteiger partial charge in [0.15, 0.2) is 0 Å². The average molecular weight is 456 g/mol. The lowest BCUT2D eigenvalue weighted by Crippen LogP contribution is -2.42. The molecule has 0 unspecified atom stereocenters. The normalized spacial score (nSPS) is 10.5. The largest absolute Gasteiger partial charge is 0.345 e. The molecule has 178 valence electrons. The van der Waals surface area contributed by atoms with Crippen molar-refractivity contribution < 1.29 is 18.8 Å². The van der Waals surface area contributed by atoms with Gasteiger partial charge in [0, 0.05) is 18.7 Å². The molecule has 2 aromatic carbocycles. The molecule has 0 saturated carbocycles. The molecule has 0 heterocycles. The number of amides is 3. The molecular weight excluding hydrogens is 421 g/mol. The molecule has 0 aliphatic heterocycles. The van der Waals surface area contributed by atoms with E-state index < -0.39 is 5.91 Å². The molecule has 0 fully saturated rings. The third-order valence-electron chi connectivity index (χ3n) is 5.22. The minimum absolute atomic E-state index is 0.129. The zero-order chi connectivity index (χ0) is 24.1. The van der Waals surface area contributed by atoms with E-state index in [1.54, 1.807) is 18.2 Å². The van der Waals surface area contributed by atoms with Gasteiger partial charge >= 0.3 is 0 Å². The number of unbranched alkanes of at least 4 members (excludes halogenated alkanes) is 4. The van der Waals surface area contributed by atoms with Gasteiger partial charge in [-0.3, -0.25) is 14.4 Å². The number of carbonyl (C=O) groups is 3. The van der Waals surface area contributed by atoms with E-state index in [-0.39, 0.29) is 37.3 Å². The van der Waals surface area contributed by atoms with E-state index in [0.29, 0.717) is 12.1 Å². The molecule has 2 N–H and O–H groups in total. The Hall–Kier alpha value is -3.22. The molecule has 2 aromatic rings. The van der Waals surface area contributed by atoms with Crippen LogP contribution in [-0.2, 0) is 20.9 Å². The topological polar surface area (TPSA) is 78.5 Å². The van der Waals surface area contributed by atoms with Crippen molar-refractivity contribution in [2.24, 2.45) is 0 Å². The minimum Gasteiger partial charge on any atom is -0.345 e. The van der Waals surface area contributed by atoms with Gasteiger partial charge in [0.05, 0.1) is 13.1 Å². The van der Waals surface area contributed by atoms with Gasteiger partial charge in [-0.25, -0.2) is 4.39 Å². The quantitative estimate of drug-likeness (QED) is 0.434. The fraction of sp³-hybridized carbons (Fsp3) is 0.423. The molecule has 0 atom stereocenters. The van der Waals surface area contributed by atoms with Crippen LogP contribution in [0.2, 0.25) is 0 Å². The number of rotatable bonds is 13. The van der Waals surface area contributed by atoms with Gasteiger partial charge in [0.2, 0.25) is 17.7 Å². The summed E-state index contributed by atoms with van der Waals surface area (Å²) in [6, 6.07) is 13.2. The second-order valence-corrected chi connectivity index (χ2v) is 8.23. The number of hydrogen-bond acceptors (Lipinski definition) is 3. The lowest BCUT2D eigenvalue weighted by molar-refractivity contribution is -0.137. The predicted octanol–water partition coefficient (Wildman–Crippen LogP) is 4.58. The Kier molecular flexibility index (Phi) is 11.1. The Morgan fingerprint density at radius 1 is 0.939 bits per heavy atom. The zero-order valence-electron chi connectivity index (χ0n) is 19.5. The van der Waals surface area contributed by atoms with Crippen molar-refractivity contribution >= 4 is 23.4 Å². The summed E-state index contributed by atoms with van der Waals surface area (Å²) in [4.78, 5) is 38.9. The van der Waals surface area contributed by atoms with Crippen LogP contribution >= 0.6 is 0 Å². The number of nitrogens with one attached hydrogen (secondary N) is 2. The van der Waals surface area contributed by atoms with Crippen LogP contribution in [0.5, 0.6) is 0 Å². The van der Waals surface area contributed by atoms with Gasteiger partial charge in [0.25, 0.3) is 0 Å². The fourth-order valence-electron chi connectivity index (χ4n) is 3.42. The van der Waals surface area contributed by atoms with Crippen molar-refractivity contribution in [2.75, 3.05) is 18.4 Å². The molecule has 0 spiro atoms. The summed E-state index contributed by atoms with van der Waals surface area (Å²) in [7, 11) is 0. The second-order valence-electron chi connectivity index (χ2n) is 8.23. The number of nitrogens with zero attached hydrogens (tertiary/aromatic N) is 1. The monoisotopic (exact) mass is 455 g/mol. The van der Waals surface area contributed by atoms with Crippen molar-refractivity contribution in [3.8, 4) is 0 Å². The van der Waals surface area contributed by atoms with Gasteiger partial charge in [-0.05, 0) is 48.7 Å². The summed E-state index contributed by atoms with van der Waals surface area (Å²) >= 11 is 0. The van der Waals surface area contributed by atoms with E-state index in [1.165, 1.54) is 17.0 Å². The van der Waals surface area contributed by atoms with Crippen LogP contribution in [0.1, 0.15) is 56.6 Å². The van der Waals surface area contributed by atoms with E-state index in [0.717, 1.165) is 43.2 Å². The number of aryl methyl sites for hydroxylation is 1. The lowest BCUT2D eigenvalue weighted by Gasteiger charge is -2.22. The Labute approximate surface area is 195 Å². The Balaban J connectivity index is 1.89. The van der Waals surface area contributed by atoms with E-state index in [4.69, 9.17) is 0 Å². The highest BCUT2D eigenvalue weighted by Crippen LogP contribution is 2.12. The summed E-state index contributed by atoms with van der Waals surface area (Å²) < 4.78 is 13.2. The van der Waals surface area contributed by atoms with E-state index in [9.17, 15) is 18.8 Å². The molecule has 0 aliphatic carbocycles. The lowest BCUT2D eigenvalue weighted by atomic mass is 10.1. The standard InChI is InChI=1S/C26H34FN3O3/c1-3-4-5-6-7-11-26(33)30(18-21-12-14-22(27)15-13-21)19-25(32)28-17-24(31)29-23-10-8-9-20(2)16-23/h8-10,12-16H,3-7,11,17-19H2,1-2H3,(H,28,32)(H,29,31). The average Bonchev–Trinajstić information content (AvgIpc) is 2.78. The SMILES string of the molecule is CCCCCCCC(=O)N(CC(=O)NCC(=O)Nc1cccc(C)c1)Cc1ccc(F)cc1. The molecule has 3 amide bonds. The third kappa shape index (κ3) is 10.3. The smallest absolute Gasteiger partial charge is 0.243 e. The molecule has 0 aromatic heterocycles. The van der Waals surface area contributed by atoms with Gasteiger partial charge < -0.3 is 15.5 Å². The molecule has 0 bridgehead atoms. The second kappa shape index (κ2) is 14.0. The van der Waals surface area contributed by atoms with Crippen molar-refractivity contribution in [3.63, 3.8) is 0 Å². The Morgan fingerprint density at radius 2 is 1.67 bits per heavy atom. The van der Waals surface area contributed by atoms with Crippen LogP contribution in [-0.4, -0.2) is 35.7 Å². The van der Waals surface area contributed by atoms with Gasteiger partial charge in [-0.15, -0.1) is 0 Å². The molecule has 6 nitrogen and oxygen atoms in total. The van der Waals surface area contributed by atoms with Crippen LogP contribution in [0.25, 0.3) is 0 Å². The number of anilines is 1. The Bertz CT molecular complexity index is 915. The maximum absolute atomic E-state index is 13.2. The van der Waals surface area contributed by atoms with Crippen LogP contribution in [0.3, 0.4) is 0 Å². The van der Waals surface area contributed by atoms with Crippen LogP contribution in [0.15, 0.2) is 48.5 Å². The van der Waals surface area contributed by atoms with Crippen molar-refractivity contribution in [2.45, 2.75) is 58.9 Å². The first kappa shape index (κ1) is 26.0. The number of benzene rings is 2. The summed E-state index contributed by atoms with van der Waals surface area (Å²) in [5, 5.41) is 5.31. The predicted molar refractivity (Wildman–Crippen MR) is 128 cm³/mol. The highest BCUT2D eigenvalue weighted by molar-refractivity contribution is 5.95. The van der Waals surface area contributed by atoms with Crippen molar-refractivity contribution in [1.82, 2.24) is 10.2 Å². The van der Waals surface area contributed by atoms with E-state index >= 15 is 0 Å². The Morgan fingerprint density at radius 3 is 2.36 bits per heavy atom. The molecule has 0 saturated heterocycles.